The number of nitrogens with one attached hydrogen (secondary N) is 2. The van der Waals surface area contributed by atoms with Gasteiger partial charge in [0.25, 0.3) is 11.5 Å². The lowest BCUT2D eigenvalue weighted by molar-refractivity contribution is -0.577. The number of benzene rings is 2. The van der Waals surface area contributed by atoms with Gasteiger partial charge in [0.05, 0.1) is 23.2 Å². The minimum atomic E-state index is -4.66. The van der Waals surface area contributed by atoms with Crippen LogP contribution in [-0.4, -0.2) is 30.3 Å². The van der Waals surface area contributed by atoms with Crippen LogP contribution in [0.2, 0.25) is 0 Å². The first-order valence-electron chi connectivity index (χ1n) is 13.3. The van der Waals surface area contributed by atoms with E-state index in [1.165, 1.54) is 22.3 Å². The van der Waals surface area contributed by atoms with Crippen molar-refractivity contribution in [1.29, 1.82) is 0 Å². The summed E-state index contributed by atoms with van der Waals surface area (Å²) in [7, 11) is 1.19. The number of H-pyrrole nitrogens is 1. The van der Waals surface area contributed by atoms with Gasteiger partial charge in [-0.3, -0.25) is 18.8 Å². The number of halogens is 3. The number of aryl methyl sites for hydroxylation is 1. The van der Waals surface area contributed by atoms with Gasteiger partial charge >= 0.3 is 11.8 Å². The first-order valence-corrected chi connectivity index (χ1v) is 13.3. The summed E-state index contributed by atoms with van der Waals surface area (Å²) < 4.78 is 44.5. The van der Waals surface area contributed by atoms with E-state index in [4.69, 9.17) is 5.73 Å². The summed E-state index contributed by atoms with van der Waals surface area (Å²) in [5.74, 6) is 4.93. The van der Waals surface area contributed by atoms with Crippen LogP contribution in [0, 0.1) is 11.8 Å². The predicted molar refractivity (Wildman–Crippen MR) is 156 cm³/mol. The minimum absolute atomic E-state index is 0.123. The summed E-state index contributed by atoms with van der Waals surface area (Å²) in [5, 5.41) is 10.2. The molecule has 0 aliphatic rings. The maximum Gasteiger partial charge on any atom is 0.434 e. The Bertz CT molecular complexity index is 2190. The van der Waals surface area contributed by atoms with Crippen molar-refractivity contribution in [3.8, 4) is 17.5 Å². The van der Waals surface area contributed by atoms with Gasteiger partial charge in [-0.2, -0.15) is 18.3 Å². The lowest BCUT2D eigenvalue weighted by Crippen LogP contribution is -2.33. The van der Waals surface area contributed by atoms with Crippen molar-refractivity contribution < 1.29 is 22.5 Å². The largest absolute Gasteiger partial charge is 0.434 e. The third-order valence-electron chi connectivity index (χ3n) is 7.13. The van der Waals surface area contributed by atoms with Crippen LogP contribution >= 0.6 is 0 Å². The molecule has 4 N–H and O–H groups in total. The molecule has 1 atom stereocenters. The van der Waals surface area contributed by atoms with Crippen molar-refractivity contribution in [3.05, 3.63) is 118 Å². The number of carbonyl (C=O) groups is 1. The summed E-state index contributed by atoms with van der Waals surface area (Å²) in [5.41, 5.74) is 6.05. The second kappa shape index (κ2) is 10.7. The van der Waals surface area contributed by atoms with Gasteiger partial charge in [0.1, 0.15) is 12.4 Å². The Morgan fingerprint density at radius 3 is 2.59 bits per heavy atom. The molecule has 0 aliphatic heterocycles. The maximum absolute atomic E-state index is 14.2. The van der Waals surface area contributed by atoms with E-state index in [0.29, 0.717) is 22.4 Å². The van der Waals surface area contributed by atoms with E-state index in [9.17, 15) is 22.8 Å². The molecule has 0 aliphatic carbocycles. The number of alkyl halides is 3. The smallest absolute Gasteiger partial charge is 0.382 e. The lowest BCUT2D eigenvalue weighted by atomic mass is 10.0. The van der Waals surface area contributed by atoms with Gasteiger partial charge < -0.3 is 11.1 Å². The highest BCUT2D eigenvalue weighted by atomic mass is 19.4. The second-order valence-corrected chi connectivity index (χ2v) is 10.0. The summed E-state index contributed by atoms with van der Waals surface area (Å²) >= 11 is 0. The summed E-state index contributed by atoms with van der Waals surface area (Å²) in [6, 6.07) is 16.5. The minimum Gasteiger partial charge on any atom is -0.382 e. The van der Waals surface area contributed by atoms with Gasteiger partial charge in [0, 0.05) is 30.1 Å². The number of amides is 1. The van der Waals surface area contributed by atoms with Crippen molar-refractivity contribution in [1.82, 2.24) is 29.7 Å². The van der Waals surface area contributed by atoms with Crippen LogP contribution in [0.3, 0.4) is 0 Å². The van der Waals surface area contributed by atoms with Gasteiger partial charge in [-0.05, 0) is 41.6 Å². The molecular formula is C31H24F3N8O2+. The number of aromatic amines is 1. The van der Waals surface area contributed by atoms with Crippen LogP contribution < -0.4 is 21.1 Å². The second-order valence-electron chi connectivity index (χ2n) is 10.0. The van der Waals surface area contributed by atoms with Crippen LogP contribution in [0.1, 0.15) is 45.8 Å². The number of fused-ring (bicyclic) bond motifs is 2. The lowest BCUT2D eigenvalue weighted by Gasteiger charge is -2.21. The molecule has 1 unspecified atom stereocenters. The Balaban J connectivity index is 1.48. The zero-order chi connectivity index (χ0) is 31.2. The predicted octanol–water partition coefficient (Wildman–Crippen LogP) is 3.68. The zero-order valence-electron chi connectivity index (χ0n) is 23.3. The number of hydrogen-bond acceptors (Lipinski definition) is 5. The van der Waals surface area contributed by atoms with Crippen LogP contribution in [0.25, 0.3) is 22.1 Å². The Morgan fingerprint density at radius 2 is 1.84 bits per heavy atom. The van der Waals surface area contributed by atoms with Crippen molar-refractivity contribution >= 4 is 28.1 Å². The topological polar surface area (TPSA) is 128 Å². The molecule has 44 heavy (non-hydrogen) atoms. The fourth-order valence-electron chi connectivity index (χ4n) is 5.17. The van der Waals surface area contributed by atoms with Gasteiger partial charge in [-0.15, -0.1) is 4.52 Å². The molecule has 6 rings (SSSR count). The zero-order valence-corrected chi connectivity index (χ0v) is 23.3. The van der Waals surface area contributed by atoms with E-state index in [-0.39, 0.29) is 27.9 Å². The SMILES string of the molecule is CC(NC(=O)c1c(N)[nH][n+]2cccnc12)c1cc2cccc(C#Cc3cnn(C)c3C(F)(F)F)c2c(=O)n1-c1ccccc1. The third-order valence-corrected chi connectivity index (χ3v) is 7.13. The number of carbonyl (C=O) groups excluding carboxylic acids is 1. The molecule has 220 valence electrons. The average Bonchev–Trinajstić information content (AvgIpc) is 3.54. The maximum atomic E-state index is 14.2. The van der Waals surface area contributed by atoms with E-state index in [0.717, 1.165) is 10.9 Å². The Labute approximate surface area is 247 Å². The molecule has 0 saturated carbocycles. The van der Waals surface area contributed by atoms with Crippen molar-refractivity contribution in [3.63, 3.8) is 0 Å². The van der Waals surface area contributed by atoms with E-state index >= 15 is 0 Å². The molecule has 0 saturated heterocycles. The molecule has 4 heterocycles. The van der Waals surface area contributed by atoms with E-state index in [1.54, 1.807) is 73.8 Å². The number of nitrogens with zero attached hydrogens (tertiary/aromatic N) is 5. The number of aromatic nitrogens is 6. The molecule has 0 bridgehead atoms. The highest BCUT2D eigenvalue weighted by Gasteiger charge is 2.37. The van der Waals surface area contributed by atoms with Crippen LogP contribution in [0.5, 0.6) is 0 Å². The highest BCUT2D eigenvalue weighted by Crippen LogP contribution is 2.31. The van der Waals surface area contributed by atoms with Crippen molar-refractivity contribution in [2.24, 2.45) is 7.05 Å². The van der Waals surface area contributed by atoms with Crippen LogP contribution in [-0.2, 0) is 13.2 Å². The Morgan fingerprint density at radius 1 is 1.09 bits per heavy atom. The quantitative estimate of drug-likeness (QED) is 0.211. The summed E-state index contributed by atoms with van der Waals surface area (Å²) in [6.45, 7) is 1.73. The fraction of sp³-hybridized carbons (Fsp3) is 0.129. The normalized spacial score (nSPS) is 12.2. The van der Waals surface area contributed by atoms with Crippen LogP contribution in [0.4, 0.5) is 19.0 Å². The van der Waals surface area contributed by atoms with Gasteiger partial charge in [-0.25, -0.2) is 5.10 Å². The van der Waals surface area contributed by atoms with Crippen molar-refractivity contribution in [2.75, 3.05) is 5.73 Å². The highest BCUT2D eigenvalue weighted by molar-refractivity contribution is 6.03. The Hall–Kier alpha value is -5.90. The molecule has 0 fully saturated rings. The van der Waals surface area contributed by atoms with Crippen LogP contribution in [0.15, 0.2) is 84.0 Å². The molecule has 6 aromatic rings. The molecule has 10 nitrogen and oxygen atoms in total. The number of para-hydroxylation sites is 1. The summed E-state index contributed by atoms with van der Waals surface area (Å²) in [6.07, 6.45) is -0.401. The fourth-order valence-corrected chi connectivity index (χ4v) is 5.17. The van der Waals surface area contributed by atoms with Gasteiger partial charge in [0.15, 0.2) is 17.1 Å². The molecule has 4 aromatic heterocycles. The number of hydrogen-bond donors (Lipinski definition) is 3. The number of nitrogens with two attached hydrogens (primary N) is 1. The molecule has 0 spiro atoms. The summed E-state index contributed by atoms with van der Waals surface area (Å²) in [4.78, 5) is 31.9. The first-order chi connectivity index (χ1) is 21.0. The Kier molecular flexibility index (Phi) is 6.89. The number of rotatable bonds is 4. The van der Waals surface area contributed by atoms with Crippen molar-refractivity contribution in [2.45, 2.75) is 19.1 Å². The molecule has 1 amide bonds. The molecular weight excluding hydrogens is 573 g/mol. The van der Waals surface area contributed by atoms with E-state index in [1.807, 2.05) is 0 Å². The van der Waals surface area contributed by atoms with Gasteiger partial charge in [0.2, 0.25) is 0 Å². The number of anilines is 1. The monoisotopic (exact) mass is 597 g/mol. The molecule has 0 radical (unpaired) electrons. The number of pyridine rings is 1. The first kappa shape index (κ1) is 28.2. The van der Waals surface area contributed by atoms with Gasteiger partial charge in [-0.1, -0.05) is 42.2 Å². The standard InChI is InChI=1S/C31H23F3N8O2/c1-18(38-29(43)25-27(35)39-41-15-7-14-36-28(25)41)23-16-20-9-6-8-19(12-13-21-17-37-40(2)26(21)31(32,33)34)24(20)30(44)42(23)22-10-4-3-5-11-22/h3-11,14-18H,1-2H3,(H3,35,38,39,43)/p+1. The van der Waals surface area contributed by atoms with E-state index in [2.05, 4.69) is 32.3 Å². The average molecular weight is 598 g/mol. The molecule has 2 aromatic carbocycles. The third kappa shape index (κ3) is 4.92. The number of nitrogen functional groups attached to an aromatic ring is 1. The molecule has 13 heteroatoms. The van der Waals surface area contributed by atoms with E-state index < -0.39 is 29.4 Å².